The number of para-hydroxylation sites is 2. The monoisotopic (exact) mass is 701 g/mol. The molecule has 8 aromatic carbocycles. The lowest BCUT2D eigenvalue weighted by molar-refractivity contribution is 0.651. The maximum atomic E-state index is 6.61. The molecule has 0 atom stereocenters. The molecule has 0 spiro atoms. The number of furan rings is 1. The Hall–Kier alpha value is -7.30. The van der Waals surface area contributed by atoms with E-state index in [4.69, 9.17) is 14.4 Å². The second-order valence-electron chi connectivity index (χ2n) is 14.5. The summed E-state index contributed by atoms with van der Waals surface area (Å²) in [6.07, 6.45) is 0. The molecule has 0 amide bonds. The fourth-order valence-corrected chi connectivity index (χ4v) is 9.38. The summed E-state index contributed by atoms with van der Waals surface area (Å²) in [5.41, 5.74) is 12.2. The van der Waals surface area contributed by atoms with Crippen LogP contribution in [0, 0.1) is 0 Å². The Morgan fingerprint density at radius 3 is 1.89 bits per heavy atom. The van der Waals surface area contributed by atoms with Gasteiger partial charge in [0.1, 0.15) is 5.58 Å². The third kappa shape index (κ3) is 4.16. The summed E-state index contributed by atoms with van der Waals surface area (Å²) in [5.74, 6) is 0.573. The van der Waals surface area contributed by atoms with Crippen molar-refractivity contribution in [3.63, 3.8) is 0 Å². The molecule has 4 nitrogen and oxygen atoms in total. The van der Waals surface area contributed by atoms with Gasteiger partial charge in [-0.15, -0.1) is 0 Å². The van der Waals surface area contributed by atoms with E-state index >= 15 is 0 Å². The van der Waals surface area contributed by atoms with Crippen molar-refractivity contribution in [3.8, 4) is 28.3 Å². The predicted molar refractivity (Wildman–Crippen MR) is 224 cm³/mol. The summed E-state index contributed by atoms with van der Waals surface area (Å²) in [6.45, 7) is 0. The van der Waals surface area contributed by atoms with E-state index in [0.717, 1.165) is 49.4 Å². The molecule has 12 rings (SSSR count). The van der Waals surface area contributed by atoms with Gasteiger partial charge in [-0.2, -0.15) is 4.98 Å². The van der Waals surface area contributed by atoms with E-state index in [9.17, 15) is 0 Å². The third-order valence-corrected chi connectivity index (χ3v) is 11.7. The van der Waals surface area contributed by atoms with Crippen molar-refractivity contribution in [2.75, 3.05) is 0 Å². The number of aromatic nitrogens is 3. The van der Waals surface area contributed by atoms with Crippen LogP contribution in [0.15, 0.2) is 192 Å². The first kappa shape index (κ1) is 30.2. The summed E-state index contributed by atoms with van der Waals surface area (Å²) < 4.78 is 8.81. The first-order chi connectivity index (χ1) is 27.3. The lowest BCUT2D eigenvalue weighted by atomic mass is 9.67. The number of hydrogen-bond acceptors (Lipinski definition) is 3. The third-order valence-electron chi connectivity index (χ3n) is 11.7. The Bertz CT molecular complexity index is 3280. The molecule has 0 fully saturated rings. The lowest BCUT2D eigenvalue weighted by Gasteiger charge is -2.34. The summed E-state index contributed by atoms with van der Waals surface area (Å²) in [6, 6.07) is 67.4. The van der Waals surface area contributed by atoms with Gasteiger partial charge in [0.25, 0.3) is 0 Å². The predicted octanol–water partition coefficient (Wildman–Crippen LogP) is 12.7. The van der Waals surface area contributed by atoms with Gasteiger partial charge in [-0.25, -0.2) is 4.98 Å². The van der Waals surface area contributed by atoms with Crippen molar-refractivity contribution in [2.45, 2.75) is 5.41 Å². The molecule has 0 unspecified atom stereocenters. The van der Waals surface area contributed by atoms with Crippen molar-refractivity contribution < 1.29 is 4.42 Å². The van der Waals surface area contributed by atoms with E-state index in [0.29, 0.717) is 11.7 Å². The van der Waals surface area contributed by atoms with Crippen LogP contribution in [0.3, 0.4) is 0 Å². The van der Waals surface area contributed by atoms with E-state index in [1.54, 1.807) is 0 Å². The average Bonchev–Trinajstić information content (AvgIpc) is 3.89. The van der Waals surface area contributed by atoms with Crippen LogP contribution >= 0.6 is 0 Å². The fourth-order valence-electron chi connectivity index (χ4n) is 9.38. The first-order valence-corrected chi connectivity index (χ1v) is 18.7. The highest BCUT2D eigenvalue weighted by Gasteiger charge is 2.46. The zero-order valence-corrected chi connectivity index (χ0v) is 29.6. The second-order valence-corrected chi connectivity index (χ2v) is 14.5. The smallest absolute Gasteiger partial charge is 0.238 e. The van der Waals surface area contributed by atoms with Gasteiger partial charge in [-0.05, 0) is 74.5 Å². The van der Waals surface area contributed by atoms with Gasteiger partial charge >= 0.3 is 0 Å². The fraction of sp³-hybridized carbons (Fsp3) is 0.0196. The van der Waals surface area contributed by atoms with Gasteiger partial charge in [0.2, 0.25) is 11.7 Å². The minimum absolute atomic E-state index is 0.536. The van der Waals surface area contributed by atoms with Crippen LogP contribution in [-0.2, 0) is 5.41 Å². The first-order valence-electron chi connectivity index (χ1n) is 18.7. The van der Waals surface area contributed by atoms with Crippen molar-refractivity contribution in [2.24, 2.45) is 0 Å². The number of rotatable bonds is 4. The van der Waals surface area contributed by atoms with Crippen LogP contribution in [0.4, 0.5) is 0 Å². The molecule has 1 aliphatic carbocycles. The molecule has 0 saturated carbocycles. The molecule has 55 heavy (non-hydrogen) atoms. The SMILES string of the molecule is c1ccc(C2(c3ccccc3)c3ccccc3-c3ccc(-c4nc(-n5c6ccccc6c6cc7ccccc7cc65)nc5oc6ccccc6c45)cc32)cc1. The maximum absolute atomic E-state index is 6.61. The highest BCUT2D eigenvalue weighted by atomic mass is 16.3. The number of nitrogens with zero attached hydrogens (tertiary/aromatic N) is 3. The quantitative estimate of drug-likeness (QED) is 0.183. The van der Waals surface area contributed by atoms with Crippen LogP contribution in [0.5, 0.6) is 0 Å². The standard InChI is InChI=1S/C51H31N3O/c1-3-17-35(18-4-1)51(36-19-5-2-6-20-36)42-24-12-9-21-37(42)38-28-27-34(30-43(38)51)48-47-40-23-11-14-26-46(40)55-49(47)53-50(52-48)54-44-25-13-10-22-39(44)41-29-32-15-7-8-16-33(32)31-45(41)54/h1-31H. The molecule has 4 heteroatoms. The molecular weight excluding hydrogens is 671 g/mol. The molecule has 256 valence electrons. The summed E-state index contributed by atoms with van der Waals surface area (Å²) in [4.78, 5) is 10.8. The van der Waals surface area contributed by atoms with Crippen molar-refractivity contribution in [1.29, 1.82) is 0 Å². The zero-order chi connectivity index (χ0) is 36.1. The minimum atomic E-state index is -0.536. The van der Waals surface area contributed by atoms with E-state index in [1.807, 2.05) is 12.1 Å². The zero-order valence-electron chi connectivity index (χ0n) is 29.6. The van der Waals surface area contributed by atoms with E-state index in [2.05, 4.69) is 180 Å². The molecule has 1 aliphatic rings. The van der Waals surface area contributed by atoms with Gasteiger partial charge in [0.15, 0.2) is 0 Å². The van der Waals surface area contributed by atoms with Crippen LogP contribution in [0.2, 0.25) is 0 Å². The molecule has 0 N–H and O–H groups in total. The number of fused-ring (bicyclic) bond motifs is 10. The topological polar surface area (TPSA) is 43.9 Å². The van der Waals surface area contributed by atoms with Crippen molar-refractivity contribution in [1.82, 2.24) is 14.5 Å². The highest BCUT2D eigenvalue weighted by Crippen LogP contribution is 2.57. The van der Waals surface area contributed by atoms with Gasteiger partial charge in [0, 0.05) is 21.7 Å². The van der Waals surface area contributed by atoms with Crippen molar-refractivity contribution in [3.05, 3.63) is 210 Å². The van der Waals surface area contributed by atoms with Crippen LogP contribution in [-0.4, -0.2) is 14.5 Å². The number of benzene rings is 8. The molecule has 0 aliphatic heterocycles. The molecular formula is C51H31N3O. The van der Waals surface area contributed by atoms with Gasteiger partial charge in [0.05, 0.1) is 27.5 Å². The Labute approximate surface area is 316 Å². The number of hydrogen-bond donors (Lipinski definition) is 0. The largest absolute Gasteiger partial charge is 0.437 e. The second kappa shape index (κ2) is 11.3. The Morgan fingerprint density at radius 1 is 0.455 bits per heavy atom. The molecule has 0 radical (unpaired) electrons. The maximum Gasteiger partial charge on any atom is 0.238 e. The molecule has 0 bridgehead atoms. The highest BCUT2D eigenvalue weighted by molar-refractivity contribution is 6.14. The minimum Gasteiger partial charge on any atom is -0.437 e. The van der Waals surface area contributed by atoms with Crippen LogP contribution in [0.1, 0.15) is 22.3 Å². The van der Waals surface area contributed by atoms with E-state index in [1.165, 1.54) is 44.2 Å². The molecule has 3 aromatic heterocycles. The normalized spacial score (nSPS) is 13.2. The van der Waals surface area contributed by atoms with Gasteiger partial charge in [-0.1, -0.05) is 158 Å². The van der Waals surface area contributed by atoms with Crippen LogP contribution < -0.4 is 0 Å². The van der Waals surface area contributed by atoms with E-state index in [-0.39, 0.29) is 0 Å². The average molecular weight is 702 g/mol. The Morgan fingerprint density at radius 2 is 1.09 bits per heavy atom. The van der Waals surface area contributed by atoms with Gasteiger partial charge < -0.3 is 4.42 Å². The summed E-state index contributed by atoms with van der Waals surface area (Å²) in [7, 11) is 0. The lowest BCUT2D eigenvalue weighted by Crippen LogP contribution is -2.28. The molecule has 0 saturated heterocycles. The summed E-state index contributed by atoms with van der Waals surface area (Å²) in [5, 5.41) is 6.59. The molecule has 11 aromatic rings. The van der Waals surface area contributed by atoms with Crippen LogP contribution in [0.25, 0.3) is 83.0 Å². The Kier molecular flexibility index (Phi) is 6.23. The molecule has 3 heterocycles. The summed E-state index contributed by atoms with van der Waals surface area (Å²) >= 11 is 0. The van der Waals surface area contributed by atoms with Gasteiger partial charge in [-0.3, -0.25) is 4.57 Å². The van der Waals surface area contributed by atoms with E-state index < -0.39 is 5.41 Å². The Balaban J connectivity index is 1.19. The van der Waals surface area contributed by atoms with Crippen molar-refractivity contribution >= 4 is 54.6 Å².